The van der Waals surface area contributed by atoms with Gasteiger partial charge in [-0.2, -0.15) is 0 Å². The van der Waals surface area contributed by atoms with E-state index in [0.717, 1.165) is 24.5 Å². The number of methoxy groups -OCH3 is 1. The van der Waals surface area contributed by atoms with Crippen LogP contribution in [0.25, 0.3) is 0 Å². The number of halogens is 1. The minimum atomic E-state index is 0. The maximum absolute atomic E-state index is 5.65. The van der Waals surface area contributed by atoms with Crippen LogP contribution >= 0.6 is 24.0 Å². The van der Waals surface area contributed by atoms with Gasteiger partial charge >= 0.3 is 0 Å². The van der Waals surface area contributed by atoms with Crippen LogP contribution in [-0.4, -0.2) is 32.8 Å². The summed E-state index contributed by atoms with van der Waals surface area (Å²) < 4.78 is 10.7. The molecule has 6 heteroatoms. The second kappa shape index (κ2) is 10.7. The van der Waals surface area contributed by atoms with Crippen molar-refractivity contribution < 1.29 is 9.47 Å². The molecule has 5 nitrogen and oxygen atoms in total. The smallest absolute Gasteiger partial charge is 0.188 e. The molecule has 0 heterocycles. The molecule has 108 valence electrons. The van der Waals surface area contributed by atoms with E-state index in [-0.39, 0.29) is 24.0 Å². The van der Waals surface area contributed by atoms with E-state index in [4.69, 9.17) is 15.2 Å². The number of aliphatic imine (C=N–C) groups is 1. The lowest BCUT2D eigenvalue weighted by molar-refractivity contribution is 0.319. The molecule has 0 fully saturated rings. The van der Waals surface area contributed by atoms with Crippen LogP contribution in [0.1, 0.15) is 13.3 Å². The van der Waals surface area contributed by atoms with Crippen molar-refractivity contribution in [3.63, 3.8) is 0 Å². The molecule has 0 spiro atoms. The first-order valence-corrected chi connectivity index (χ1v) is 6.07. The van der Waals surface area contributed by atoms with E-state index in [1.54, 1.807) is 7.11 Å². The number of nitrogens with two attached hydrogens (primary N) is 1. The summed E-state index contributed by atoms with van der Waals surface area (Å²) in [7, 11) is 1.63. The second-order valence-corrected chi connectivity index (χ2v) is 3.72. The number of guanidine groups is 1. The van der Waals surface area contributed by atoms with Crippen molar-refractivity contribution in [1.29, 1.82) is 0 Å². The fourth-order valence-corrected chi connectivity index (χ4v) is 1.33. The van der Waals surface area contributed by atoms with Gasteiger partial charge in [0.15, 0.2) is 5.96 Å². The Kier molecular flexibility index (Phi) is 10.1. The van der Waals surface area contributed by atoms with Gasteiger partial charge in [0.25, 0.3) is 0 Å². The molecule has 0 atom stereocenters. The zero-order valence-corrected chi connectivity index (χ0v) is 13.7. The lowest BCUT2D eigenvalue weighted by Crippen LogP contribution is -2.34. The van der Waals surface area contributed by atoms with Crippen molar-refractivity contribution in [3.05, 3.63) is 24.3 Å². The van der Waals surface area contributed by atoms with Gasteiger partial charge in [-0.05, 0) is 18.6 Å². The summed E-state index contributed by atoms with van der Waals surface area (Å²) in [5, 5.41) is 2.99. The normalized spacial score (nSPS) is 10.5. The van der Waals surface area contributed by atoms with E-state index in [1.807, 2.05) is 24.3 Å². The van der Waals surface area contributed by atoms with E-state index in [2.05, 4.69) is 17.2 Å². The first-order chi connectivity index (χ1) is 8.76. The molecule has 0 amide bonds. The van der Waals surface area contributed by atoms with Gasteiger partial charge in [-0.25, -0.2) is 0 Å². The van der Waals surface area contributed by atoms with Crippen LogP contribution in [0.5, 0.6) is 11.5 Å². The summed E-state index contributed by atoms with van der Waals surface area (Å²) in [6, 6.07) is 7.49. The third-order valence-electron chi connectivity index (χ3n) is 2.22. The molecule has 0 radical (unpaired) electrons. The largest absolute Gasteiger partial charge is 0.497 e. The zero-order valence-electron chi connectivity index (χ0n) is 11.4. The number of benzene rings is 1. The lowest BCUT2D eigenvalue weighted by atomic mass is 10.3. The van der Waals surface area contributed by atoms with Gasteiger partial charge in [-0.3, -0.25) is 4.99 Å². The van der Waals surface area contributed by atoms with Gasteiger partial charge in [0.05, 0.1) is 13.7 Å². The van der Waals surface area contributed by atoms with Gasteiger partial charge in [0.2, 0.25) is 0 Å². The Labute approximate surface area is 131 Å². The van der Waals surface area contributed by atoms with Gasteiger partial charge in [-0.1, -0.05) is 13.0 Å². The highest BCUT2D eigenvalue weighted by Crippen LogP contribution is 2.18. The van der Waals surface area contributed by atoms with Crippen LogP contribution in [0.15, 0.2) is 29.3 Å². The van der Waals surface area contributed by atoms with Crippen molar-refractivity contribution >= 4 is 29.9 Å². The van der Waals surface area contributed by atoms with Crippen LogP contribution in [0.4, 0.5) is 0 Å². The average molecular weight is 379 g/mol. The van der Waals surface area contributed by atoms with E-state index in [9.17, 15) is 0 Å². The van der Waals surface area contributed by atoms with Gasteiger partial charge in [0, 0.05) is 12.6 Å². The van der Waals surface area contributed by atoms with Gasteiger partial charge < -0.3 is 20.5 Å². The molecule has 0 unspecified atom stereocenters. The second-order valence-electron chi connectivity index (χ2n) is 3.72. The van der Waals surface area contributed by atoms with E-state index >= 15 is 0 Å². The molecule has 1 rings (SSSR count). The Bertz CT molecular complexity index is 386. The number of hydrogen-bond acceptors (Lipinski definition) is 3. The molecule has 0 aromatic heterocycles. The van der Waals surface area contributed by atoms with Gasteiger partial charge in [0.1, 0.15) is 18.1 Å². The van der Waals surface area contributed by atoms with Crippen molar-refractivity contribution in [2.24, 2.45) is 10.7 Å². The maximum atomic E-state index is 5.65. The number of hydrogen-bond donors (Lipinski definition) is 2. The predicted octanol–water partition coefficient (Wildman–Crippen LogP) is 2.01. The van der Waals surface area contributed by atoms with Crippen molar-refractivity contribution in [2.75, 3.05) is 26.8 Å². The summed E-state index contributed by atoms with van der Waals surface area (Å²) in [6.07, 6.45) is 0.989. The zero-order chi connectivity index (χ0) is 13.2. The molecule has 0 saturated carbocycles. The van der Waals surface area contributed by atoms with Crippen molar-refractivity contribution in [1.82, 2.24) is 5.32 Å². The molecule has 0 aliphatic carbocycles. The Hall–Kier alpha value is -1.18. The lowest BCUT2D eigenvalue weighted by Gasteiger charge is -2.09. The maximum Gasteiger partial charge on any atom is 0.188 e. The number of ether oxygens (including phenoxy) is 2. The van der Waals surface area contributed by atoms with Crippen molar-refractivity contribution in [2.45, 2.75) is 13.3 Å². The van der Waals surface area contributed by atoms with E-state index in [1.165, 1.54) is 0 Å². The molecule has 0 aliphatic rings. The molecule has 1 aromatic rings. The molecule has 3 N–H and O–H groups in total. The summed E-state index contributed by atoms with van der Waals surface area (Å²) in [6.45, 7) is 3.95. The minimum absolute atomic E-state index is 0. The number of nitrogens with one attached hydrogen (secondary N) is 1. The van der Waals surface area contributed by atoms with E-state index in [0.29, 0.717) is 19.1 Å². The Morgan fingerprint density at radius 1 is 1.37 bits per heavy atom. The first kappa shape index (κ1) is 17.8. The average Bonchev–Trinajstić information content (AvgIpc) is 2.41. The van der Waals surface area contributed by atoms with Gasteiger partial charge in [-0.15, -0.1) is 24.0 Å². The van der Waals surface area contributed by atoms with Crippen molar-refractivity contribution in [3.8, 4) is 11.5 Å². The summed E-state index contributed by atoms with van der Waals surface area (Å²) in [5.41, 5.74) is 5.65. The molecular weight excluding hydrogens is 357 g/mol. The highest BCUT2D eigenvalue weighted by molar-refractivity contribution is 14.0. The minimum Gasteiger partial charge on any atom is -0.497 e. The molecule has 0 saturated heterocycles. The van der Waals surface area contributed by atoms with Crippen LogP contribution in [0, 0.1) is 0 Å². The SMILES string of the molecule is CCCN=C(N)NCCOc1cccc(OC)c1.I. The first-order valence-electron chi connectivity index (χ1n) is 6.07. The fraction of sp³-hybridized carbons (Fsp3) is 0.462. The molecule has 0 aliphatic heterocycles. The quantitative estimate of drug-likeness (QED) is 0.329. The molecular formula is C13H22IN3O2. The van der Waals surface area contributed by atoms with Crippen LogP contribution < -0.4 is 20.5 Å². The predicted molar refractivity (Wildman–Crippen MR) is 88.7 cm³/mol. The molecule has 0 bridgehead atoms. The summed E-state index contributed by atoms with van der Waals surface area (Å²) in [4.78, 5) is 4.12. The monoisotopic (exact) mass is 379 g/mol. The standard InChI is InChI=1S/C13H21N3O2.HI/c1-3-7-15-13(14)16-8-9-18-12-6-4-5-11(10-12)17-2;/h4-6,10H,3,7-9H2,1-2H3,(H3,14,15,16);1H. The summed E-state index contributed by atoms with van der Waals surface area (Å²) in [5.74, 6) is 2.02. The number of nitrogens with zero attached hydrogens (tertiary/aromatic N) is 1. The van der Waals surface area contributed by atoms with E-state index < -0.39 is 0 Å². The van der Waals surface area contributed by atoms with Crippen LogP contribution in [-0.2, 0) is 0 Å². The third-order valence-corrected chi connectivity index (χ3v) is 2.22. The Morgan fingerprint density at radius 3 is 2.79 bits per heavy atom. The Balaban J connectivity index is 0.00000324. The highest BCUT2D eigenvalue weighted by atomic mass is 127. The van der Waals surface area contributed by atoms with Crippen LogP contribution in [0.3, 0.4) is 0 Å². The molecule has 19 heavy (non-hydrogen) atoms. The topological polar surface area (TPSA) is 68.9 Å². The summed E-state index contributed by atoms with van der Waals surface area (Å²) >= 11 is 0. The van der Waals surface area contributed by atoms with Crippen LogP contribution in [0.2, 0.25) is 0 Å². The highest BCUT2D eigenvalue weighted by Gasteiger charge is 1.96. The third kappa shape index (κ3) is 7.76. The number of rotatable bonds is 7. The fourth-order valence-electron chi connectivity index (χ4n) is 1.33. The molecule has 1 aromatic carbocycles. The Morgan fingerprint density at radius 2 is 2.11 bits per heavy atom.